The third-order valence-electron chi connectivity index (χ3n) is 3.49. The average Bonchev–Trinajstić information content (AvgIpc) is 2.52. The van der Waals surface area contributed by atoms with Gasteiger partial charge in [0.2, 0.25) is 0 Å². The molecule has 0 spiro atoms. The molecule has 0 amide bonds. The lowest BCUT2D eigenvalue weighted by molar-refractivity contribution is -0.137. The van der Waals surface area contributed by atoms with E-state index in [2.05, 4.69) is 5.32 Å². The van der Waals surface area contributed by atoms with Gasteiger partial charge in [-0.1, -0.05) is 60.7 Å². The Balaban J connectivity index is 1.83. The number of alkyl halides is 3. The molecule has 0 aliphatic carbocycles. The van der Waals surface area contributed by atoms with E-state index in [1.165, 1.54) is 12.1 Å². The molecule has 1 N–H and O–H groups in total. The minimum Gasteiger partial charge on any atom is -0.310 e. The Labute approximate surface area is 134 Å². The maximum Gasteiger partial charge on any atom is 0.416 e. The quantitative estimate of drug-likeness (QED) is 0.795. The van der Waals surface area contributed by atoms with Crippen LogP contribution in [-0.2, 0) is 12.6 Å². The molecule has 0 radical (unpaired) electrons. The molecule has 1 unspecified atom stereocenters. The maximum atomic E-state index is 12.7. The molecule has 122 valence electrons. The van der Waals surface area contributed by atoms with Crippen molar-refractivity contribution in [2.24, 2.45) is 0 Å². The van der Waals surface area contributed by atoms with Crippen LogP contribution in [0.4, 0.5) is 13.2 Å². The molecule has 0 saturated carbocycles. The molecule has 4 heteroatoms. The maximum absolute atomic E-state index is 12.7. The normalized spacial score (nSPS) is 13.4. The van der Waals surface area contributed by atoms with Crippen LogP contribution in [0, 0.1) is 0 Å². The lowest BCUT2D eigenvalue weighted by Gasteiger charge is -2.14. The highest BCUT2D eigenvalue weighted by atomic mass is 19.4. The van der Waals surface area contributed by atoms with Crippen LogP contribution >= 0.6 is 0 Å². The van der Waals surface area contributed by atoms with Gasteiger partial charge >= 0.3 is 6.18 Å². The van der Waals surface area contributed by atoms with Gasteiger partial charge in [-0.05, 0) is 30.5 Å². The first-order chi connectivity index (χ1) is 10.9. The Morgan fingerprint density at radius 1 is 1.04 bits per heavy atom. The first-order valence-corrected chi connectivity index (χ1v) is 7.56. The minimum absolute atomic E-state index is 0.0962. The van der Waals surface area contributed by atoms with Crippen molar-refractivity contribution >= 4 is 6.08 Å². The van der Waals surface area contributed by atoms with Gasteiger partial charge in [0.05, 0.1) is 5.56 Å². The summed E-state index contributed by atoms with van der Waals surface area (Å²) in [6, 6.07) is 15.6. The van der Waals surface area contributed by atoms with Crippen LogP contribution in [0.3, 0.4) is 0 Å². The summed E-state index contributed by atoms with van der Waals surface area (Å²) in [6.45, 7) is 2.64. The van der Waals surface area contributed by atoms with Gasteiger partial charge in [-0.3, -0.25) is 0 Å². The summed E-state index contributed by atoms with van der Waals surface area (Å²) in [5, 5.41) is 3.29. The zero-order valence-corrected chi connectivity index (χ0v) is 13.0. The summed E-state index contributed by atoms with van der Waals surface area (Å²) in [5.41, 5.74) is 1.22. The molecular formula is C19H20F3N. The minimum atomic E-state index is -4.29. The summed E-state index contributed by atoms with van der Waals surface area (Å²) in [7, 11) is 0. The largest absolute Gasteiger partial charge is 0.416 e. The van der Waals surface area contributed by atoms with E-state index in [-0.39, 0.29) is 6.04 Å². The monoisotopic (exact) mass is 319 g/mol. The fraction of sp³-hybridized carbons (Fsp3) is 0.263. The van der Waals surface area contributed by atoms with E-state index < -0.39 is 11.7 Å². The first kappa shape index (κ1) is 17.3. The molecule has 2 aromatic rings. The fourth-order valence-corrected chi connectivity index (χ4v) is 2.33. The third-order valence-corrected chi connectivity index (χ3v) is 3.49. The zero-order chi connectivity index (χ0) is 16.7. The molecule has 2 rings (SSSR count). The van der Waals surface area contributed by atoms with Crippen LogP contribution < -0.4 is 5.32 Å². The molecule has 0 aromatic heterocycles. The number of hydrogen-bond donors (Lipinski definition) is 1. The Bertz CT molecular complexity index is 633. The van der Waals surface area contributed by atoms with Crippen molar-refractivity contribution in [2.45, 2.75) is 25.6 Å². The van der Waals surface area contributed by atoms with Gasteiger partial charge in [-0.15, -0.1) is 0 Å². The topological polar surface area (TPSA) is 12.0 Å². The van der Waals surface area contributed by atoms with Gasteiger partial charge in [-0.25, -0.2) is 0 Å². The van der Waals surface area contributed by atoms with Gasteiger partial charge in [0, 0.05) is 12.6 Å². The van der Waals surface area contributed by atoms with Gasteiger partial charge in [0.25, 0.3) is 0 Å². The van der Waals surface area contributed by atoms with Crippen LogP contribution in [0.1, 0.15) is 23.6 Å². The second kappa shape index (κ2) is 7.97. The second-order valence-electron chi connectivity index (χ2n) is 5.52. The number of halogens is 3. The Morgan fingerprint density at radius 2 is 1.78 bits per heavy atom. The average molecular weight is 319 g/mol. The molecule has 0 aliphatic rings. The molecular weight excluding hydrogens is 299 g/mol. The van der Waals surface area contributed by atoms with Crippen LogP contribution in [0.2, 0.25) is 0 Å². The summed E-state index contributed by atoms with van der Waals surface area (Å²) in [6.07, 6.45) is 0.302. The Kier molecular flexibility index (Phi) is 5.99. The van der Waals surface area contributed by atoms with Gasteiger partial charge in [0.1, 0.15) is 0 Å². The van der Waals surface area contributed by atoms with Crippen molar-refractivity contribution in [1.82, 2.24) is 5.32 Å². The van der Waals surface area contributed by atoms with E-state index >= 15 is 0 Å². The Morgan fingerprint density at radius 3 is 2.48 bits per heavy atom. The van der Waals surface area contributed by atoms with Crippen molar-refractivity contribution in [3.63, 3.8) is 0 Å². The van der Waals surface area contributed by atoms with Gasteiger partial charge in [-0.2, -0.15) is 13.2 Å². The van der Waals surface area contributed by atoms with Crippen molar-refractivity contribution in [2.75, 3.05) is 6.54 Å². The van der Waals surface area contributed by atoms with Crippen LogP contribution in [0.15, 0.2) is 60.7 Å². The lowest BCUT2D eigenvalue weighted by atomic mass is 10.0. The van der Waals surface area contributed by atoms with E-state index in [0.717, 1.165) is 11.6 Å². The highest BCUT2D eigenvalue weighted by molar-refractivity contribution is 5.48. The van der Waals surface area contributed by atoms with Crippen LogP contribution in [-0.4, -0.2) is 12.6 Å². The zero-order valence-electron chi connectivity index (χ0n) is 13.0. The molecule has 1 nitrogen and oxygen atoms in total. The molecule has 0 heterocycles. The molecule has 0 fully saturated rings. The van der Waals surface area contributed by atoms with Gasteiger partial charge in [0.15, 0.2) is 0 Å². The third kappa shape index (κ3) is 5.91. The standard InChI is InChI=1S/C19H20F3N/c1-15(23-12-6-10-16-7-3-2-4-8-16)13-17-9-5-11-18(14-17)19(20,21)22/h2-11,14-15,23H,12-13H2,1H3. The number of hydrogen-bond acceptors (Lipinski definition) is 1. The van der Waals surface area contributed by atoms with Crippen LogP contribution in [0.25, 0.3) is 6.08 Å². The molecule has 23 heavy (non-hydrogen) atoms. The summed E-state index contributed by atoms with van der Waals surface area (Å²) in [5.74, 6) is 0. The first-order valence-electron chi connectivity index (χ1n) is 7.56. The molecule has 0 bridgehead atoms. The predicted molar refractivity (Wildman–Crippen MR) is 88.1 cm³/mol. The lowest BCUT2D eigenvalue weighted by Crippen LogP contribution is -2.28. The van der Waals surface area contributed by atoms with Gasteiger partial charge < -0.3 is 5.32 Å². The number of nitrogens with one attached hydrogen (secondary N) is 1. The summed E-state index contributed by atoms with van der Waals surface area (Å²) in [4.78, 5) is 0. The molecule has 2 aromatic carbocycles. The second-order valence-corrected chi connectivity index (χ2v) is 5.52. The van der Waals surface area contributed by atoms with E-state index in [9.17, 15) is 13.2 Å². The van der Waals surface area contributed by atoms with E-state index in [0.29, 0.717) is 18.5 Å². The SMILES string of the molecule is CC(Cc1cccc(C(F)(F)F)c1)NCC=Cc1ccccc1. The summed E-state index contributed by atoms with van der Waals surface area (Å²) < 4.78 is 38.1. The number of rotatable bonds is 6. The van der Waals surface area contributed by atoms with Crippen molar-refractivity contribution < 1.29 is 13.2 Å². The smallest absolute Gasteiger partial charge is 0.310 e. The van der Waals surface area contributed by atoms with Crippen molar-refractivity contribution in [3.05, 3.63) is 77.4 Å². The van der Waals surface area contributed by atoms with Crippen molar-refractivity contribution in [3.8, 4) is 0 Å². The Hall–Kier alpha value is -2.07. The van der Waals surface area contributed by atoms with E-state index in [4.69, 9.17) is 0 Å². The summed E-state index contributed by atoms with van der Waals surface area (Å²) >= 11 is 0. The van der Waals surface area contributed by atoms with Crippen LogP contribution in [0.5, 0.6) is 0 Å². The highest BCUT2D eigenvalue weighted by Gasteiger charge is 2.30. The van der Waals surface area contributed by atoms with Crippen molar-refractivity contribution in [1.29, 1.82) is 0 Å². The van der Waals surface area contributed by atoms with E-state index in [1.54, 1.807) is 6.07 Å². The fourth-order valence-electron chi connectivity index (χ4n) is 2.33. The highest BCUT2D eigenvalue weighted by Crippen LogP contribution is 2.29. The molecule has 1 atom stereocenters. The number of benzene rings is 2. The molecule has 0 aliphatic heterocycles. The predicted octanol–water partition coefficient (Wildman–Crippen LogP) is 4.94. The van der Waals surface area contributed by atoms with E-state index in [1.807, 2.05) is 49.4 Å². The molecule has 0 saturated heterocycles.